The molecule has 0 radical (unpaired) electrons. The number of aromatic nitrogens is 1. The Labute approximate surface area is 238 Å². The molecular weight excluding hydrogens is 546 g/mol. The molecule has 6 nitrogen and oxygen atoms in total. The summed E-state index contributed by atoms with van der Waals surface area (Å²) in [6, 6.07) is 29.7. The molecular formula is C32H28ClNO5S. The van der Waals surface area contributed by atoms with Gasteiger partial charge >= 0.3 is 0 Å². The second kappa shape index (κ2) is 12.0. The quantitative estimate of drug-likeness (QED) is 0.0965. The second-order valence-electron chi connectivity index (χ2n) is 9.27. The number of halogens is 1. The molecule has 1 aromatic heterocycles. The van der Waals surface area contributed by atoms with E-state index < -0.39 is 15.8 Å². The first-order chi connectivity index (χ1) is 19.4. The molecule has 0 aliphatic heterocycles. The molecule has 8 heteroatoms. The highest BCUT2D eigenvalue weighted by Crippen LogP contribution is 2.42. The van der Waals surface area contributed by atoms with Crippen LogP contribution in [0.2, 0.25) is 0 Å². The second-order valence-corrected chi connectivity index (χ2v) is 11.4. The summed E-state index contributed by atoms with van der Waals surface area (Å²) in [4.78, 5) is 14.1. The third-order valence-electron chi connectivity index (χ3n) is 6.44. The van der Waals surface area contributed by atoms with Gasteiger partial charge < -0.3 is 9.47 Å². The van der Waals surface area contributed by atoms with Crippen LogP contribution in [0, 0.1) is 6.92 Å². The monoisotopic (exact) mass is 573 g/mol. The van der Waals surface area contributed by atoms with Crippen molar-refractivity contribution < 1.29 is 22.7 Å². The number of benzene rings is 4. The SMILES string of the molecule is Cc1ccc(COc2cccc3c2c(OCCCCl)c(C(=O)c2ccccc2)n3S(=O)(=O)c2ccccc2)cc1. The van der Waals surface area contributed by atoms with Crippen molar-refractivity contribution in [3.63, 3.8) is 0 Å². The number of fused-ring (bicyclic) bond motifs is 1. The van der Waals surface area contributed by atoms with E-state index in [1.54, 1.807) is 66.7 Å². The Bertz CT molecular complexity index is 1730. The molecule has 0 spiro atoms. The zero-order valence-electron chi connectivity index (χ0n) is 21.9. The Morgan fingerprint density at radius 2 is 1.50 bits per heavy atom. The van der Waals surface area contributed by atoms with Crippen LogP contribution in [0.3, 0.4) is 0 Å². The maximum Gasteiger partial charge on any atom is 0.268 e. The summed E-state index contributed by atoms with van der Waals surface area (Å²) in [5.41, 5.74) is 2.60. The van der Waals surface area contributed by atoms with E-state index >= 15 is 0 Å². The van der Waals surface area contributed by atoms with Crippen LogP contribution in [0.5, 0.6) is 11.5 Å². The predicted molar refractivity (Wildman–Crippen MR) is 157 cm³/mol. The van der Waals surface area contributed by atoms with Crippen molar-refractivity contribution in [2.75, 3.05) is 12.5 Å². The van der Waals surface area contributed by atoms with E-state index in [1.807, 2.05) is 31.2 Å². The van der Waals surface area contributed by atoms with Gasteiger partial charge in [0, 0.05) is 11.4 Å². The van der Waals surface area contributed by atoms with Gasteiger partial charge in [0.1, 0.15) is 18.1 Å². The lowest BCUT2D eigenvalue weighted by Gasteiger charge is -2.13. The molecule has 5 rings (SSSR count). The molecule has 0 fully saturated rings. The smallest absolute Gasteiger partial charge is 0.268 e. The van der Waals surface area contributed by atoms with Crippen LogP contribution in [-0.4, -0.2) is 30.7 Å². The average molecular weight is 574 g/mol. The number of aryl methyl sites for hydroxylation is 1. The van der Waals surface area contributed by atoms with Gasteiger partial charge in [0.05, 0.1) is 22.4 Å². The molecule has 0 bridgehead atoms. The fraction of sp³-hybridized carbons (Fsp3) is 0.156. The highest BCUT2D eigenvalue weighted by atomic mass is 35.5. The summed E-state index contributed by atoms with van der Waals surface area (Å²) < 4.78 is 41.8. The minimum atomic E-state index is -4.21. The Morgan fingerprint density at radius 3 is 2.17 bits per heavy atom. The largest absolute Gasteiger partial charge is 0.490 e. The zero-order chi connectivity index (χ0) is 28.1. The van der Waals surface area contributed by atoms with Crippen LogP contribution < -0.4 is 9.47 Å². The topological polar surface area (TPSA) is 74.6 Å². The lowest BCUT2D eigenvalue weighted by Crippen LogP contribution is -2.20. The van der Waals surface area contributed by atoms with E-state index in [0.29, 0.717) is 29.0 Å². The van der Waals surface area contributed by atoms with E-state index in [2.05, 4.69) is 0 Å². The number of nitrogens with zero attached hydrogens (tertiary/aromatic N) is 1. The maximum atomic E-state index is 14.2. The van der Waals surface area contributed by atoms with Gasteiger partial charge in [-0.2, -0.15) is 0 Å². The van der Waals surface area contributed by atoms with Crippen LogP contribution in [0.25, 0.3) is 10.9 Å². The number of ether oxygens (including phenoxy) is 2. The molecule has 204 valence electrons. The van der Waals surface area contributed by atoms with Gasteiger partial charge in [0.25, 0.3) is 10.0 Å². The molecule has 0 saturated heterocycles. The van der Waals surface area contributed by atoms with E-state index in [4.69, 9.17) is 21.1 Å². The third kappa shape index (κ3) is 5.48. The Morgan fingerprint density at radius 1 is 0.825 bits per heavy atom. The molecule has 0 atom stereocenters. The molecule has 5 aromatic rings. The number of ketones is 1. The van der Waals surface area contributed by atoms with Gasteiger partial charge in [-0.1, -0.05) is 84.4 Å². The zero-order valence-corrected chi connectivity index (χ0v) is 23.5. The van der Waals surface area contributed by atoms with Gasteiger partial charge in [0.2, 0.25) is 5.78 Å². The fourth-order valence-electron chi connectivity index (χ4n) is 4.45. The minimum absolute atomic E-state index is 0.0484. The Balaban J connectivity index is 1.76. The predicted octanol–water partition coefficient (Wildman–Crippen LogP) is 7.00. The van der Waals surface area contributed by atoms with E-state index in [1.165, 1.54) is 12.1 Å². The van der Waals surface area contributed by atoms with Crippen LogP contribution in [0.15, 0.2) is 108 Å². The molecule has 0 saturated carbocycles. The number of carbonyl (C=O) groups excluding carboxylic acids is 1. The summed E-state index contributed by atoms with van der Waals surface area (Å²) in [6.45, 7) is 2.45. The van der Waals surface area contributed by atoms with Crippen molar-refractivity contribution in [1.29, 1.82) is 0 Å². The van der Waals surface area contributed by atoms with Crippen LogP contribution in [-0.2, 0) is 16.6 Å². The Hall–Kier alpha value is -4.07. The standard InChI is InChI=1S/C32H28ClNO5S/c1-23-16-18-24(19-17-23)22-39-28-15-8-14-27-29(28)32(38-21-9-20-33)30(31(35)25-10-4-2-5-11-25)34(27)40(36,37)26-12-6-3-7-13-26/h2-8,10-19H,9,20-22H2,1H3. The lowest BCUT2D eigenvalue weighted by molar-refractivity contribution is 0.102. The van der Waals surface area contributed by atoms with Gasteiger partial charge in [-0.05, 0) is 43.2 Å². The molecule has 4 aromatic carbocycles. The van der Waals surface area contributed by atoms with Crippen molar-refractivity contribution in [3.8, 4) is 11.5 Å². The van der Waals surface area contributed by atoms with Crippen molar-refractivity contribution in [2.24, 2.45) is 0 Å². The third-order valence-corrected chi connectivity index (χ3v) is 8.44. The first kappa shape index (κ1) is 27.5. The van der Waals surface area contributed by atoms with Gasteiger partial charge in [-0.15, -0.1) is 11.6 Å². The molecule has 40 heavy (non-hydrogen) atoms. The number of alkyl halides is 1. The van der Waals surface area contributed by atoms with Gasteiger partial charge in [0.15, 0.2) is 5.75 Å². The molecule has 0 unspecified atom stereocenters. The van der Waals surface area contributed by atoms with Gasteiger partial charge in [-0.25, -0.2) is 12.4 Å². The number of hydrogen-bond acceptors (Lipinski definition) is 5. The summed E-state index contributed by atoms with van der Waals surface area (Å²) >= 11 is 5.93. The summed E-state index contributed by atoms with van der Waals surface area (Å²) in [7, 11) is -4.21. The Kier molecular flexibility index (Phi) is 8.24. The molecule has 0 N–H and O–H groups in total. The lowest BCUT2D eigenvalue weighted by atomic mass is 10.1. The number of hydrogen-bond donors (Lipinski definition) is 0. The molecule has 0 aliphatic carbocycles. The van der Waals surface area contributed by atoms with E-state index in [-0.39, 0.29) is 35.1 Å². The highest BCUT2D eigenvalue weighted by Gasteiger charge is 2.33. The summed E-state index contributed by atoms with van der Waals surface area (Å²) in [5.74, 6) is 0.414. The first-order valence-electron chi connectivity index (χ1n) is 12.9. The molecule has 0 amide bonds. The maximum absolute atomic E-state index is 14.2. The summed E-state index contributed by atoms with van der Waals surface area (Å²) in [6.07, 6.45) is 0.505. The first-order valence-corrected chi connectivity index (χ1v) is 14.8. The van der Waals surface area contributed by atoms with Gasteiger partial charge in [-0.3, -0.25) is 4.79 Å². The molecule has 1 heterocycles. The normalized spacial score (nSPS) is 11.4. The van der Waals surface area contributed by atoms with Crippen molar-refractivity contribution in [2.45, 2.75) is 24.8 Å². The van der Waals surface area contributed by atoms with Crippen molar-refractivity contribution in [1.82, 2.24) is 3.97 Å². The van der Waals surface area contributed by atoms with Crippen molar-refractivity contribution in [3.05, 3.63) is 126 Å². The van der Waals surface area contributed by atoms with Crippen LogP contribution >= 0.6 is 11.6 Å². The van der Waals surface area contributed by atoms with Crippen LogP contribution in [0.1, 0.15) is 33.6 Å². The fourth-order valence-corrected chi connectivity index (χ4v) is 6.09. The van der Waals surface area contributed by atoms with Crippen molar-refractivity contribution >= 4 is 38.3 Å². The average Bonchev–Trinajstić information content (AvgIpc) is 3.33. The highest BCUT2D eigenvalue weighted by molar-refractivity contribution is 7.90. The molecule has 0 aliphatic rings. The van der Waals surface area contributed by atoms with E-state index in [0.717, 1.165) is 15.1 Å². The van der Waals surface area contributed by atoms with Crippen LogP contribution in [0.4, 0.5) is 0 Å². The number of rotatable bonds is 11. The van der Waals surface area contributed by atoms with E-state index in [9.17, 15) is 13.2 Å². The number of carbonyl (C=O) groups is 1. The minimum Gasteiger partial charge on any atom is -0.490 e. The summed E-state index contributed by atoms with van der Waals surface area (Å²) in [5, 5.41) is 0.406.